The van der Waals surface area contributed by atoms with E-state index in [1.165, 1.54) is 10.4 Å². The lowest BCUT2D eigenvalue weighted by Crippen LogP contribution is -2.65. The first kappa shape index (κ1) is 17.9. The van der Waals surface area contributed by atoms with Crippen molar-refractivity contribution in [2.75, 3.05) is 6.61 Å². The summed E-state index contributed by atoms with van der Waals surface area (Å²) in [6, 6.07) is 20.9. The van der Waals surface area contributed by atoms with Crippen molar-refractivity contribution in [1.29, 1.82) is 0 Å². The topological polar surface area (TPSA) is 18.5 Å². The molecular weight excluding hydrogens is 300 g/mol. The van der Waals surface area contributed by atoms with E-state index in [4.69, 9.17) is 8.85 Å². The summed E-state index contributed by atoms with van der Waals surface area (Å²) in [5.74, 6) is 0.444. The monoisotopic (exact) mass is 328 g/mol. The van der Waals surface area contributed by atoms with Crippen LogP contribution in [0.3, 0.4) is 0 Å². The fourth-order valence-corrected chi connectivity index (χ4v) is 6.02. The van der Waals surface area contributed by atoms with Crippen molar-refractivity contribution in [3.63, 3.8) is 0 Å². The Morgan fingerprint density at radius 2 is 1.30 bits per heavy atom. The molecule has 0 saturated heterocycles. The molecule has 0 aliphatic carbocycles. The number of hydrogen-bond acceptors (Lipinski definition) is 2. The predicted octanol–water partition coefficient (Wildman–Crippen LogP) is 3.73. The second-order valence-corrected chi connectivity index (χ2v) is 9.18. The highest BCUT2D eigenvalue weighted by molar-refractivity contribution is 6.92. The number of hydrogen-bond donors (Lipinski definition) is 0. The quantitative estimate of drug-likeness (QED) is 0.688. The molecule has 0 N–H and O–H groups in total. The van der Waals surface area contributed by atoms with E-state index in [1.807, 2.05) is 12.1 Å². The normalized spacial score (nSPS) is 13.3. The molecule has 1 unspecified atom stereocenters. The first-order valence-corrected chi connectivity index (χ1v) is 10.3. The molecule has 124 valence electrons. The van der Waals surface area contributed by atoms with Gasteiger partial charge in [-0.15, -0.1) is 0 Å². The molecular formula is C20H28O2Si. The third kappa shape index (κ3) is 4.31. The molecule has 1 atom stereocenters. The Kier molecular flexibility index (Phi) is 6.57. The fourth-order valence-electron chi connectivity index (χ4n) is 2.46. The molecule has 0 saturated carbocycles. The van der Waals surface area contributed by atoms with Gasteiger partial charge in [0.15, 0.2) is 0 Å². The zero-order chi connectivity index (χ0) is 16.7. The van der Waals surface area contributed by atoms with Crippen LogP contribution in [0.15, 0.2) is 60.7 Å². The summed E-state index contributed by atoms with van der Waals surface area (Å²) >= 11 is 0. The molecule has 23 heavy (non-hydrogen) atoms. The summed E-state index contributed by atoms with van der Waals surface area (Å²) in [5.41, 5.74) is 0. The maximum absolute atomic E-state index is 6.69. The Morgan fingerprint density at radius 3 is 1.70 bits per heavy atom. The van der Waals surface area contributed by atoms with Crippen molar-refractivity contribution in [3.8, 4) is 0 Å². The van der Waals surface area contributed by atoms with E-state index in [0.717, 1.165) is 6.42 Å². The lowest BCUT2D eigenvalue weighted by Gasteiger charge is -2.35. The smallest absolute Gasteiger partial charge is 0.388 e. The van der Waals surface area contributed by atoms with Crippen molar-refractivity contribution in [1.82, 2.24) is 0 Å². The standard InChI is InChI=1S/C20H28O2Si/c1-5-16-21-23(22-18(4)17(2)3,19-12-8-6-9-13-19)20-14-10-7-11-15-20/h6-15,17-18H,5,16H2,1-4H3. The Morgan fingerprint density at radius 1 is 0.826 bits per heavy atom. The van der Waals surface area contributed by atoms with E-state index in [9.17, 15) is 0 Å². The molecule has 0 aliphatic heterocycles. The molecule has 2 nitrogen and oxygen atoms in total. The van der Waals surface area contributed by atoms with Gasteiger partial charge in [-0.25, -0.2) is 0 Å². The van der Waals surface area contributed by atoms with Gasteiger partial charge in [-0.1, -0.05) is 81.4 Å². The highest BCUT2D eigenvalue weighted by atomic mass is 28.4. The largest absolute Gasteiger partial charge is 0.407 e. The fraction of sp³-hybridized carbons (Fsp3) is 0.400. The molecule has 2 aromatic carbocycles. The van der Waals surface area contributed by atoms with Crippen LogP contribution in [0.5, 0.6) is 0 Å². The van der Waals surface area contributed by atoms with Crippen LogP contribution in [0.1, 0.15) is 34.1 Å². The number of rotatable bonds is 8. The Hall–Kier alpha value is -1.42. The van der Waals surface area contributed by atoms with Crippen LogP contribution in [-0.2, 0) is 8.85 Å². The molecule has 0 fully saturated rings. The highest BCUT2D eigenvalue weighted by Crippen LogP contribution is 2.17. The third-order valence-electron chi connectivity index (χ3n) is 4.11. The van der Waals surface area contributed by atoms with Crippen molar-refractivity contribution < 1.29 is 8.85 Å². The molecule has 2 rings (SSSR count). The molecule has 3 heteroatoms. The van der Waals surface area contributed by atoms with Gasteiger partial charge in [0.25, 0.3) is 0 Å². The number of benzene rings is 2. The van der Waals surface area contributed by atoms with Crippen LogP contribution in [0.4, 0.5) is 0 Å². The van der Waals surface area contributed by atoms with Gasteiger partial charge in [-0.3, -0.25) is 0 Å². The average Bonchev–Trinajstić information content (AvgIpc) is 2.60. The zero-order valence-electron chi connectivity index (χ0n) is 14.7. The van der Waals surface area contributed by atoms with Crippen LogP contribution in [0, 0.1) is 5.92 Å². The van der Waals surface area contributed by atoms with Crippen LogP contribution >= 0.6 is 0 Å². The van der Waals surface area contributed by atoms with E-state index in [1.54, 1.807) is 0 Å². The van der Waals surface area contributed by atoms with Gasteiger partial charge in [0, 0.05) is 12.7 Å². The van der Waals surface area contributed by atoms with Crippen LogP contribution in [0.2, 0.25) is 0 Å². The van der Waals surface area contributed by atoms with Gasteiger partial charge in [0.05, 0.1) is 0 Å². The molecule has 0 aliphatic rings. The van der Waals surface area contributed by atoms with Gasteiger partial charge in [0.1, 0.15) is 0 Å². The van der Waals surface area contributed by atoms with Crippen molar-refractivity contribution >= 4 is 18.9 Å². The summed E-state index contributed by atoms with van der Waals surface area (Å²) in [5, 5.41) is 2.35. The molecule has 2 aromatic rings. The summed E-state index contributed by atoms with van der Waals surface area (Å²) in [6.07, 6.45) is 1.12. The Bertz CT molecular complexity index is 529. The minimum absolute atomic E-state index is 0.138. The van der Waals surface area contributed by atoms with Gasteiger partial charge in [0.2, 0.25) is 0 Å². The summed E-state index contributed by atoms with van der Waals surface area (Å²) < 4.78 is 13.2. The van der Waals surface area contributed by atoms with E-state index in [2.05, 4.69) is 76.2 Å². The van der Waals surface area contributed by atoms with E-state index in [0.29, 0.717) is 12.5 Å². The van der Waals surface area contributed by atoms with Gasteiger partial charge in [-0.2, -0.15) is 0 Å². The second kappa shape index (κ2) is 8.43. The first-order chi connectivity index (χ1) is 11.1. The summed E-state index contributed by atoms with van der Waals surface area (Å²) in [7, 11) is -2.69. The molecule has 0 aromatic heterocycles. The minimum Gasteiger partial charge on any atom is -0.388 e. The average molecular weight is 329 g/mol. The summed E-state index contributed by atoms with van der Waals surface area (Å²) in [6.45, 7) is 9.38. The lowest BCUT2D eigenvalue weighted by atomic mass is 10.1. The molecule has 0 spiro atoms. The Labute approximate surface area is 141 Å². The minimum atomic E-state index is -2.69. The van der Waals surface area contributed by atoms with Gasteiger partial charge < -0.3 is 8.85 Å². The van der Waals surface area contributed by atoms with Gasteiger partial charge >= 0.3 is 8.56 Å². The zero-order valence-corrected chi connectivity index (χ0v) is 15.7. The Balaban J connectivity index is 2.53. The molecule has 0 amide bonds. The first-order valence-electron chi connectivity index (χ1n) is 8.53. The third-order valence-corrected chi connectivity index (χ3v) is 7.61. The van der Waals surface area contributed by atoms with Crippen molar-refractivity contribution in [2.45, 2.75) is 40.2 Å². The van der Waals surface area contributed by atoms with E-state index < -0.39 is 8.56 Å². The maximum atomic E-state index is 6.69. The summed E-state index contributed by atoms with van der Waals surface area (Å²) in [4.78, 5) is 0. The van der Waals surface area contributed by atoms with Crippen LogP contribution in [-0.4, -0.2) is 21.3 Å². The molecule has 0 bridgehead atoms. The van der Waals surface area contributed by atoms with E-state index in [-0.39, 0.29) is 6.10 Å². The highest BCUT2D eigenvalue weighted by Gasteiger charge is 2.44. The maximum Gasteiger partial charge on any atom is 0.407 e. The molecule has 0 heterocycles. The SMILES string of the molecule is CCCO[Si](OC(C)C(C)C)(c1ccccc1)c1ccccc1. The van der Waals surface area contributed by atoms with E-state index >= 15 is 0 Å². The van der Waals surface area contributed by atoms with Crippen LogP contribution < -0.4 is 10.4 Å². The van der Waals surface area contributed by atoms with Gasteiger partial charge in [-0.05, 0) is 29.6 Å². The van der Waals surface area contributed by atoms with Crippen LogP contribution in [0.25, 0.3) is 0 Å². The lowest BCUT2D eigenvalue weighted by molar-refractivity contribution is 0.111. The molecule has 0 radical (unpaired) electrons. The second-order valence-electron chi connectivity index (χ2n) is 6.26. The predicted molar refractivity (Wildman–Crippen MR) is 99.5 cm³/mol. The van der Waals surface area contributed by atoms with Crippen molar-refractivity contribution in [3.05, 3.63) is 60.7 Å². The van der Waals surface area contributed by atoms with Crippen molar-refractivity contribution in [2.24, 2.45) is 5.92 Å².